The molecule has 22 heavy (non-hydrogen) atoms. The number of nitrogens with one attached hydrogen (secondary N) is 1. The summed E-state index contributed by atoms with van der Waals surface area (Å²) in [6, 6.07) is 7.49. The van der Waals surface area contributed by atoms with Crippen molar-refractivity contribution in [2.75, 3.05) is 7.11 Å². The second-order valence-electron chi connectivity index (χ2n) is 4.83. The largest absolute Gasteiger partial charge is 0.494 e. The number of hydrogen-bond donors (Lipinski definition) is 2. The molecule has 0 aliphatic heterocycles. The van der Waals surface area contributed by atoms with Gasteiger partial charge in [0.15, 0.2) is 11.6 Å². The van der Waals surface area contributed by atoms with E-state index in [0.717, 1.165) is 0 Å². The van der Waals surface area contributed by atoms with Crippen LogP contribution >= 0.6 is 0 Å². The summed E-state index contributed by atoms with van der Waals surface area (Å²) >= 11 is 0. The summed E-state index contributed by atoms with van der Waals surface area (Å²) in [5, 5.41) is 2.81. The smallest absolute Gasteiger partial charge is 0.251 e. The highest BCUT2D eigenvalue weighted by Gasteiger charge is 2.14. The Morgan fingerprint density at radius 1 is 1.41 bits per heavy atom. The van der Waals surface area contributed by atoms with Crippen LogP contribution in [-0.2, 0) is 6.54 Å². The van der Waals surface area contributed by atoms with E-state index in [1.54, 1.807) is 25.1 Å². The van der Waals surface area contributed by atoms with Crippen molar-refractivity contribution >= 4 is 5.91 Å². The quantitative estimate of drug-likeness (QED) is 0.887. The summed E-state index contributed by atoms with van der Waals surface area (Å²) in [5.74, 6) is -0.555. The summed E-state index contributed by atoms with van der Waals surface area (Å²) in [6.07, 6.45) is 1.54. The van der Waals surface area contributed by atoms with Crippen molar-refractivity contribution in [1.82, 2.24) is 10.3 Å². The number of pyridine rings is 1. The molecule has 0 saturated heterocycles. The van der Waals surface area contributed by atoms with Gasteiger partial charge in [0, 0.05) is 18.3 Å². The van der Waals surface area contributed by atoms with Gasteiger partial charge in [-0.05, 0) is 36.8 Å². The molecule has 0 radical (unpaired) electrons. The van der Waals surface area contributed by atoms with Gasteiger partial charge in [0.25, 0.3) is 5.91 Å². The van der Waals surface area contributed by atoms with Crippen LogP contribution in [0.4, 0.5) is 4.39 Å². The van der Waals surface area contributed by atoms with Crippen molar-refractivity contribution in [2.24, 2.45) is 5.73 Å². The lowest BCUT2D eigenvalue weighted by atomic mass is 10.1. The van der Waals surface area contributed by atoms with Gasteiger partial charge < -0.3 is 15.8 Å². The van der Waals surface area contributed by atoms with Crippen molar-refractivity contribution in [3.05, 3.63) is 59.2 Å². The van der Waals surface area contributed by atoms with Gasteiger partial charge >= 0.3 is 0 Å². The number of amides is 1. The van der Waals surface area contributed by atoms with E-state index in [0.29, 0.717) is 16.8 Å². The van der Waals surface area contributed by atoms with Crippen molar-refractivity contribution in [3.8, 4) is 5.75 Å². The molecule has 1 aromatic heterocycles. The third-order valence-electron chi connectivity index (χ3n) is 3.31. The van der Waals surface area contributed by atoms with Gasteiger partial charge in [-0.15, -0.1) is 0 Å². The second-order valence-corrected chi connectivity index (χ2v) is 4.83. The molecule has 116 valence electrons. The minimum Gasteiger partial charge on any atom is -0.494 e. The van der Waals surface area contributed by atoms with Crippen LogP contribution in [-0.4, -0.2) is 18.0 Å². The van der Waals surface area contributed by atoms with Crippen molar-refractivity contribution < 1.29 is 13.9 Å². The zero-order valence-electron chi connectivity index (χ0n) is 12.5. The molecular weight excluding hydrogens is 285 g/mol. The Balaban J connectivity index is 2.12. The van der Waals surface area contributed by atoms with E-state index in [-0.39, 0.29) is 24.2 Å². The molecule has 5 nitrogen and oxygen atoms in total. The molecule has 6 heteroatoms. The van der Waals surface area contributed by atoms with Crippen LogP contribution < -0.4 is 15.8 Å². The summed E-state index contributed by atoms with van der Waals surface area (Å²) in [7, 11) is 1.40. The molecule has 1 unspecified atom stereocenters. The highest BCUT2D eigenvalue weighted by Crippen LogP contribution is 2.22. The van der Waals surface area contributed by atoms with Crippen LogP contribution in [0.1, 0.15) is 34.6 Å². The Labute approximate surface area is 128 Å². The molecule has 0 spiro atoms. The fraction of sp³-hybridized carbons (Fsp3) is 0.250. The molecule has 0 aliphatic rings. The predicted molar refractivity (Wildman–Crippen MR) is 81.0 cm³/mol. The van der Waals surface area contributed by atoms with Gasteiger partial charge in [-0.25, -0.2) is 4.39 Å². The minimum absolute atomic E-state index is 0.170. The number of nitrogens with two attached hydrogens (primary N) is 1. The summed E-state index contributed by atoms with van der Waals surface area (Å²) in [4.78, 5) is 16.2. The van der Waals surface area contributed by atoms with E-state index in [9.17, 15) is 9.18 Å². The minimum atomic E-state index is -0.463. The van der Waals surface area contributed by atoms with Crippen LogP contribution in [0.25, 0.3) is 0 Å². The molecule has 1 aromatic carbocycles. The number of aromatic nitrogens is 1. The van der Waals surface area contributed by atoms with Gasteiger partial charge in [-0.1, -0.05) is 6.07 Å². The maximum absolute atomic E-state index is 13.7. The Hall–Kier alpha value is -2.47. The van der Waals surface area contributed by atoms with Crippen molar-refractivity contribution in [1.29, 1.82) is 0 Å². The Kier molecular flexibility index (Phi) is 5.06. The SMILES string of the molecule is COc1ccc(C(C)NC(=O)c2ccnc(CN)c2)cc1F. The Bertz CT molecular complexity index is 676. The van der Waals surface area contributed by atoms with E-state index in [2.05, 4.69) is 10.3 Å². The number of carbonyl (C=O) groups is 1. The Morgan fingerprint density at radius 3 is 2.82 bits per heavy atom. The van der Waals surface area contributed by atoms with Gasteiger partial charge in [-0.3, -0.25) is 9.78 Å². The van der Waals surface area contributed by atoms with E-state index in [1.807, 2.05) is 0 Å². The molecular formula is C16H18FN3O2. The maximum atomic E-state index is 13.7. The van der Waals surface area contributed by atoms with E-state index < -0.39 is 5.82 Å². The zero-order valence-corrected chi connectivity index (χ0v) is 12.5. The number of carbonyl (C=O) groups excluding carboxylic acids is 1. The molecule has 0 aliphatic carbocycles. The molecule has 2 rings (SSSR count). The van der Waals surface area contributed by atoms with Crippen LogP contribution in [0.3, 0.4) is 0 Å². The molecule has 0 bridgehead atoms. The van der Waals surface area contributed by atoms with Crippen LogP contribution in [0.2, 0.25) is 0 Å². The summed E-state index contributed by atoms with van der Waals surface area (Å²) in [5.41, 5.74) is 7.26. The number of nitrogens with zero attached hydrogens (tertiary/aromatic N) is 1. The van der Waals surface area contributed by atoms with Gasteiger partial charge in [0.1, 0.15) is 0 Å². The fourth-order valence-corrected chi connectivity index (χ4v) is 2.05. The van der Waals surface area contributed by atoms with Crippen LogP contribution in [0, 0.1) is 5.82 Å². The molecule has 1 heterocycles. The molecule has 1 amide bonds. The highest BCUT2D eigenvalue weighted by molar-refractivity contribution is 5.94. The monoisotopic (exact) mass is 303 g/mol. The molecule has 0 saturated carbocycles. The zero-order chi connectivity index (χ0) is 16.1. The number of rotatable bonds is 5. The lowest BCUT2D eigenvalue weighted by molar-refractivity contribution is 0.0939. The van der Waals surface area contributed by atoms with Gasteiger partial charge in [0.2, 0.25) is 0 Å². The molecule has 3 N–H and O–H groups in total. The first-order valence-corrected chi connectivity index (χ1v) is 6.84. The maximum Gasteiger partial charge on any atom is 0.251 e. The predicted octanol–water partition coefficient (Wildman–Crippen LogP) is 2.18. The van der Waals surface area contributed by atoms with Crippen LogP contribution in [0.5, 0.6) is 5.75 Å². The van der Waals surface area contributed by atoms with Crippen LogP contribution in [0.15, 0.2) is 36.5 Å². The topological polar surface area (TPSA) is 77.2 Å². The standard InChI is InChI=1S/C16H18FN3O2/c1-10(11-3-4-15(22-2)14(17)8-11)20-16(21)12-5-6-19-13(7-12)9-18/h3-8,10H,9,18H2,1-2H3,(H,20,21). The van der Waals surface area contributed by atoms with Gasteiger partial charge in [-0.2, -0.15) is 0 Å². The average molecular weight is 303 g/mol. The van der Waals surface area contributed by atoms with Crippen molar-refractivity contribution in [3.63, 3.8) is 0 Å². The summed E-state index contributed by atoms with van der Waals surface area (Å²) < 4.78 is 18.6. The Morgan fingerprint density at radius 2 is 2.18 bits per heavy atom. The molecule has 0 fully saturated rings. The number of ether oxygens (including phenoxy) is 1. The average Bonchev–Trinajstić information content (AvgIpc) is 2.54. The first kappa shape index (κ1) is 15.9. The normalized spacial score (nSPS) is 11.8. The molecule has 1 atom stereocenters. The van der Waals surface area contributed by atoms with E-state index in [4.69, 9.17) is 10.5 Å². The van der Waals surface area contributed by atoms with E-state index >= 15 is 0 Å². The lowest BCUT2D eigenvalue weighted by Crippen LogP contribution is -2.27. The number of methoxy groups -OCH3 is 1. The van der Waals surface area contributed by atoms with Gasteiger partial charge in [0.05, 0.1) is 18.8 Å². The fourth-order valence-electron chi connectivity index (χ4n) is 2.05. The lowest BCUT2D eigenvalue weighted by Gasteiger charge is -2.15. The number of halogens is 1. The second kappa shape index (κ2) is 7.00. The number of benzene rings is 1. The summed E-state index contributed by atoms with van der Waals surface area (Å²) in [6.45, 7) is 2.05. The molecule has 2 aromatic rings. The third kappa shape index (κ3) is 3.59. The first-order valence-electron chi connectivity index (χ1n) is 6.84. The van der Waals surface area contributed by atoms with E-state index in [1.165, 1.54) is 25.4 Å². The number of hydrogen-bond acceptors (Lipinski definition) is 4. The van der Waals surface area contributed by atoms with Crippen molar-refractivity contribution in [2.45, 2.75) is 19.5 Å². The third-order valence-corrected chi connectivity index (χ3v) is 3.31. The highest BCUT2D eigenvalue weighted by atomic mass is 19.1. The first-order chi connectivity index (χ1) is 10.5.